The molecule has 4 heteroatoms. The molecule has 0 fully saturated rings. The van der Waals surface area contributed by atoms with E-state index >= 15 is 0 Å². The molecule has 2 aromatic carbocycles. The zero-order valence-corrected chi connectivity index (χ0v) is 10.00. The fraction of sp³-hybridized carbons (Fsp3) is 0.0714. The van der Waals surface area contributed by atoms with E-state index in [1.165, 1.54) is 0 Å². The molecule has 0 amide bonds. The lowest BCUT2D eigenvalue weighted by molar-refractivity contribution is -0.134. The monoisotopic (exact) mass is 245 g/mol. The Hall–Kier alpha value is -2.49. The van der Waals surface area contributed by atoms with Gasteiger partial charge in [-0.3, -0.25) is 4.79 Å². The molecule has 0 radical (unpaired) electrons. The first-order valence-electron chi connectivity index (χ1n) is 5.38. The molecule has 0 aromatic heterocycles. The van der Waals surface area contributed by atoms with Crippen LogP contribution in [0.3, 0.4) is 0 Å². The number of anilines is 2. The Morgan fingerprint density at radius 3 is 1.89 bits per heavy atom. The highest BCUT2D eigenvalue weighted by Gasteiger charge is 1.92. The third-order valence-electron chi connectivity index (χ3n) is 1.93. The van der Waals surface area contributed by atoms with E-state index < -0.39 is 5.97 Å². The topological polar surface area (TPSA) is 69.6 Å². The van der Waals surface area contributed by atoms with E-state index in [9.17, 15) is 0 Å². The fourth-order valence-electron chi connectivity index (χ4n) is 1.23. The van der Waals surface area contributed by atoms with Crippen LogP contribution < -0.4 is 5.32 Å². The van der Waals surface area contributed by atoms with Gasteiger partial charge in [0.15, 0.2) is 0 Å². The molecular formula is C14H15NO3. The van der Waals surface area contributed by atoms with Gasteiger partial charge in [-0.1, -0.05) is 18.2 Å². The molecule has 0 aliphatic heterocycles. The summed E-state index contributed by atoms with van der Waals surface area (Å²) in [5.41, 5.74) is 2.01. The van der Waals surface area contributed by atoms with Crippen molar-refractivity contribution in [2.75, 3.05) is 5.32 Å². The van der Waals surface area contributed by atoms with Crippen molar-refractivity contribution in [3.8, 4) is 5.75 Å². The summed E-state index contributed by atoms with van der Waals surface area (Å²) in [6.45, 7) is 1.08. The van der Waals surface area contributed by atoms with Gasteiger partial charge < -0.3 is 15.5 Å². The molecule has 3 N–H and O–H groups in total. The maximum Gasteiger partial charge on any atom is 0.300 e. The number of nitrogens with one attached hydrogen (secondary N) is 1. The van der Waals surface area contributed by atoms with Crippen LogP contribution in [0.25, 0.3) is 0 Å². The Labute approximate surface area is 106 Å². The number of rotatable bonds is 2. The maximum atomic E-state index is 9.09. The van der Waals surface area contributed by atoms with Crippen LogP contribution >= 0.6 is 0 Å². The highest BCUT2D eigenvalue weighted by atomic mass is 16.4. The SMILES string of the molecule is CC(=O)O.Oc1ccc(Nc2ccccc2)cc1. The molecule has 2 aromatic rings. The van der Waals surface area contributed by atoms with Crippen molar-refractivity contribution < 1.29 is 15.0 Å². The van der Waals surface area contributed by atoms with Gasteiger partial charge in [0.2, 0.25) is 0 Å². The Bertz CT molecular complexity index is 476. The molecule has 2 rings (SSSR count). The third kappa shape index (κ3) is 5.55. The van der Waals surface area contributed by atoms with Crippen LogP contribution in [0, 0.1) is 0 Å². The van der Waals surface area contributed by atoms with E-state index in [0.29, 0.717) is 0 Å². The maximum absolute atomic E-state index is 9.09. The number of carbonyl (C=O) groups is 1. The van der Waals surface area contributed by atoms with Gasteiger partial charge >= 0.3 is 0 Å². The molecule has 94 valence electrons. The second-order valence-corrected chi connectivity index (χ2v) is 3.56. The Kier molecular flexibility index (Phi) is 5.25. The van der Waals surface area contributed by atoms with Crippen molar-refractivity contribution in [3.05, 3.63) is 54.6 Å². The molecule has 4 nitrogen and oxygen atoms in total. The Morgan fingerprint density at radius 1 is 0.944 bits per heavy atom. The number of hydrogen-bond acceptors (Lipinski definition) is 3. The summed E-state index contributed by atoms with van der Waals surface area (Å²) < 4.78 is 0. The second-order valence-electron chi connectivity index (χ2n) is 3.56. The van der Waals surface area contributed by atoms with Crippen LogP contribution in [0.1, 0.15) is 6.92 Å². The predicted octanol–water partition coefficient (Wildman–Crippen LogP) is 3.23. The van der Waals surface area contributed by atoms with Crippen LogP contribution in [-0.2, 0) is 4.79 Å². The Balaban J connectivity index is 0.000000357. The number of carboxylic acids is 1. The van der Waals surface area contributed by atoms with Crippen molar-refractivity contribution in [1.82, 2.24) is 0 Å². The standard InChI is InChI=1S/C12H11NO.C2H4O2/c14-12-8-6-11(7-9-12)13-10-4-2-1-3-5-10;1-2(3)4/h1-9,13-14H;1H3,(H,3,4). The molecule has 0 unspecified atom stereocenters. The smallest absolute Gasteiger partial charge is 0.300 e. The predicted molar refractivity (Wildman–Crippen MR) is 71.1 cm³/mol. The minimum Gasteiger partial charge on any atom is -0.508 e. The van der Waals surface area contributed by atoms with E-state index in [1.54, 1.807) is 12.1 Å². The van der Waals surface area contributed by atoms with E-state index in [2.05, 4.69) is 5.32 Å². The van der Waals surface area contributed by atoms with E-state index in [1.807, 2.05) is 42.5 Å². The van der Waals surface area contributed by atoms with Gasteiger partial charge in [-0.2, -0.15) is 0 Å². The van der Waals surface area contributed by atoms with Crippen molar-refractivity contribution in [2.45, 2.75) is 6.92 Å². The van der Waals surface area contributed by atoms with Crippen molar-refractivity contribution in [1.29, 1.82) is 0 Å². The molecular weight excluding hydrogens is 230 g/mol. The molecule has 0 saturated carbocycles. The first-order valence-corrected chi connectivity index (χ1v) is 5.38. The quantitative estimate of drug-likeness (QED) is 0.710. The van der Waals surface area contributed by atoms with Crippen molar-refractivity contribution in [2.24, 2.45) is 0 Å². The number of benzene rings is 2. The molecule has 0 heterocycles. The summed E-state index contributed by atoms with van der Waals surface area (Å²) in [7, 11) is 0. The second kappa shape index (κ2) is 6.96. The molecule has 18 heavy (non-hydrogen) atoms. The van der Waals surface area contributed by atoms with Gasteiger partial charge in [0.1, 0.15) is 5.75 Å². The molecule has 0 spiro atoms. The molecule has 0 bridgehead atoms. The largest absolute Gasteiger partial charge is 0.508 e. The number of para-hydroxylation sites is 1. The molecule has 0 atom stereocenters. The number of phenols is 1. The fourth-order valence-corrected chi connectivity index (χ4v) is 1.23. The Morgan fingerprint density at radius 2 is 1.39 bits per heavy atom. The lowest BCUT2D eigenvalue weighted by Gasteiger charge is -2.05. The van der Waals surface area contributed by atoms with Crippen LogP contribution in [-0.4, -0.2) is 16.2 Å². The molecule has 0 aliphatic rings. The third-order valence-corrected chi connectivity index (χ3v) is 1.93. The van der Waals surface area contributed by atoms with Gasteiger partial charge in [-0.05, 0) is 36.4 Å². The van der Waals surface area contributed by atoms with Crippen LogP contribution in [0.5, 0.6) is 5.75 Å². The average molecular weight is 245 g/mol. The van der Waals surface area contributed by atoms with Crippen LogP contribution in [0.15, 0.2) is 54.6 Å². The molecule has 0 saturated heterocycles. The van der Waals surface area contributed by atoms with Crippen LogP contribution in [0.4, 0.5) is 11.4 Å². The summed E-state index contributed by atoms with van der Waals surface area (Å²) in [6, 6.07) is 16.9. The van der Waals surface area contributed by atoms with Gasteiger partial charge in [0, 0.05) is 18.3 Å². The highest BCUT2D eigenvalue weighted by molar-refractivity contribution is 5.63. The van der Waals surface area contributed by atoms with Crippen molar-refractivity contribution >= 4 is 17.3 Å². The van der Waals surface area contributed by atoms with Crippen molar-refractivity contribution in [3.63, 3.8) is 0 Å². The summed E-state index contributed by atoms with van der Waals surface area (Å²) >= 11 is 0. The zero-order chi connectivity index (χ0) is 13.4. The summed E-state index contributed by atoms with van der Waals surface area (Å²) in [4.78, 5) is 9.00. The van der Waals surface area contributed by atoms with Gasteiger partial charge in [-0.25, -0.2) is 0 Å². The minimum atomic E-state index is -0.833. The van der Waals surface area contributed by atoms with Gasteiger partial charge in [0.25, 0.3) is 5.97 Å². The normalized spacial score (nSPS) is 8.94. The number of hydrogen-bond donors (Lipinski definition) is 3. The summed E-state index contributed by atoms with van der Waals surface area (Å²) in [5, 5.41) is 19.7. The lowest BCUT2D eigenvalue weighted by atomic mass is 10.2. The lowest BCUT2D eigenvalue weighted by Crippen LogP contribution is -1.88. The van der Waals surface area contributed by atoms with E-state index in [-0.39, 0.29) is 5.75 Å². The van der Waals surface area contributed by atoms with Gasteiger partial charge in [-0.15, -0.1) is 0 Å². The zero-order valence-electron chi connectivity index (χ0n) is 10.00. The number of aromatic hydroxyl groups is 1. The van der Waals surface area contributed by atoms with E-state index in [4.69, 9.17) is 15.0 Å². The van der Waals surface area contributed by atoms with E-state index in [0.717, 1.165) is 18.3 Å². The summed E-state index contributed by atoms with van der Waals surface area (Å²) in [6.07, 6.45) is 0. The number of carboxylic acid groups (broad SMARTS) is 1. The molecule has 0 aliphatic carbocycles. The van der Waals surface area contributed by atoms with Gasteiger partial charge in [0.05, 0.1) is 0 Å². The number of aliphatic carboxylic acids is 1. The average Bonchev–Trinajstić information content (AvgIpc) is 2.33. The first kappa shape index (κ1) is 13.6. The first-order chi connectivity index (χ1) is 8.58. The number of phenolic OH excluding ortho intramolecular Hbond substituents is 1. The highest BCUT2D eigenvalue weighted by Crippen LogP contribution is 2.18. The minimum absolute atomic E-state index is 0.281. The van der Waals surface area contributed by atoms with Crippen LogP contribution in [0.2, 0.25) is 0 Å². The summed E-state index contributed by atoms with van der Waals surface area (Å²) in [5.74, 6) is -0.552.